The largest absolute Gasteiger partial charge is 0.508 e. The molecule has 1 N–H and O–H groups in total. The van der Waals surface area contributed by atoms with Crippen LogP contribution >= 0.6 is 11.6 Å². The molecule has 0 aromatic heterocycles. The maximum Gasteiger partial charge on any atom is 0.143 e. The molecule has 2 aromatic rings. The Hall–Kier alpha value is -1.91. The van der Waals surface area contributed by atoms with E-state index in [1.54, 1.807) is 13.2 Å². The second-order valence-electron chi connectivity index (χ2n) is 7.81. The third-order valence-electron chi connectivity index (χ3n) is 6.25. The van der Waals surface area contributed by atoms with Crippen LogP contribution in [0.15, 0.2) is 42.5 Å². The number of halogens is 1. The predicted octanol–water partition coefficient (Wildman–Crippen LogP) is 5.28. The molecular formula is C23H31ClN2O2. The van der Waals surface area contributed by atoms with Crippen LogP contribution in [0.3, 0.4) is 0 Å². The number of ether oxygens (including phenoxy) is 1. The molecule has 1 aliphatic carbocycles. The third kappa shape index (κ3) is 3.94. The van der Waals surface area contributed by atoms with Crippen molar-refractivity contribution >= 4 is 17.3 Å². The summed E-state index contributed by atoms with van der Waals surface area (Å²) in [6, 6.07) is 14.1. The minimum atomic E-state index is -0.0429. The summed E-state index contributed by atoms with van der Waals surface area (Å²) in [6.45, 7) is 3.11. The highest BCUT2D eigenvalue weighted by molar-refractivity contribution is 6.30. The van der Waals surface area contributed by atoms with Gasteiger partial charge in [0.05, 0.1) is 12.8 Å². The van der Waals surface area contributed by atoms with Crippen molar-refractivity contribution in [3.63, 3.8) is 0 Å². The summed E-state index contributed by atoms with van der Waals surface area (Å²) in [7, 11) is 5.98. The van der Waals surface area contributed by atoms with Gasteiger partial charge in [0.2, 0.25) is 0 Å². The van der Waals surface area contributed by atoms with Gasteiger partial charge in [-0.05, 0) is 76.5 Å². The Kier molecular flexibility index (Phi) is 6.41. The molecule has 2 aromatic carbocycles. The topological polar surface area (TPSA) is 35.9 Å². The Morgan fingerprint density at radius 3 is 2.43 bits per heavy atom. The molecular weight excluding hydrogens is 372 g/mol. The smallest absolute Gasteiger partial charge is 0.143 e. The lowest BCUT2D eigenvalue weighted by molar-refractivity contribution is 0.0901. The van der Waals surface area contributed by atoms with E-state index >= 15 is 0 Å². The van der Waals surface area contributed by atoms with E-state index < -0.39 is 0 Å². The SMILES string of the molecule is CCN(c1ccc(Cl)cc1OC)C1CCC(c2cccc(O)c2)(N(C)C)CC1. The molecule has 0 spiro atoms. The summed E-state index contributed by atoms with van der Waals surface area (Å²) < 4.78 is 5.60. The van der Waals surface area contributed by atoms with Gasteiger partial charge in [0.25, 0.3) is 0 Å². The zero-order valence-corrected chi connectivity index (χ0v) is 18.0. The van der Waals surface area contributed by atoms with Crippen molar-refractivity contribution in [1.82, 2.24) is 4.90 Å². The number of aromatic hydroxyl groups is 1. The monoisotopic (exact) mass is 402 g/mol. The standard InChI is InChI=1S/C23H31ClN2O2/c1-5-26(21-10-9-18(24)16-22(21)28-4)19-11-13-23(14-12-19,25(2)3)17-7-6-8-20(27)15-17/h6-10,15-16,19,27H,5,11-14H2,1-4H3. The molecule has 0 bridgehead atoms. The van der Waals surface area contributed by atoms with Crippen molar-refractivity contribution in [3.05, 3.63) is 53.1 Å². The first-order chi connectivity index (χ1) is 13.4. The summed E-state index contributed by atoms with van der Waals surface area (Å²) in [5, 5.41) is 10.7. The Morgan fingerprint density at radius 1 is 1.14 bits per heavy atom. The number of methoxy groups -OCH3 is 1. The normalized spacial score (nSPS) is 22.3. The average molecular weight is 403 g/mol. The van der Waals surface area contributed by atoms with Crippen molar-refractivity contribution in [1.29, 1.82) is 0 Å². The first kappa shape index (κ1) is 20.8. The van der Waals surface area contributed by atoms with Gasteiger partial charge in [-0.3, -0.25) is 4.90 Å². The molecule has 5 heteroatoms. The number of hydrogen-bond acceptors (Lipinski definition) is 4. The van der Waals surface area contributed by atoms with E-state index in [9.17, 15) is 5.11 Å². The van der Waals surface area contributed by atoms with E-state index in [-0.39, 0.29) is 5.54 Å². The van der Waals surface area contributed by atoms with Gasteiger partial charge in [-0.1, -0.05) is 23.7 Å². The zero-order chi connectivity index (χ0) is 20.3. The van der Waals surface area contributed by atoms with Gasteiger partial charge in [0, 0.05) is 29.2 Å². The highest BCUT2D eigenvalue weighted by atomic mass is 35.5. The third-order valence-corrected chi connectivity index (χ3v) is 6.49. The van der Waals surface area contributed by atoms with Crippen LogP contribution in [0.1, 0.15) is 38.2 Å². The fourth-order valence-corrected chi connectivity index (χ4v) is 4.86. The number of phenolic OH excluding ortho intramolecular Hbond substituents is 1. The minimum absolute atomic E-state index is 0.0429. The zero-order valence-electron chi connectivity index (χ0n) is 17.3. The van der Waals surface area contributed by atoms with Crippen LogP contribution in [0.5, 0.6) is 11.5 Å². The number of hydrogen-bond donors (Lipinski definition) is 1. The van der Waals surface area contributed by atoms with Crippen LogP contribution in [0.2, 0.25) is 5.02 Å². The van der Waals surface area contributed by atoms with Gasteiger partial charge in [0.1, 0.15) is 11.5 Å². The minimum Gasteiger partial charge on any atom is -0.508 e. The molecule has 3 rings (SSSR count). The maximum atomic E-state index is 10.00. The Bertz CT molecular complexity index is 801. The van der Waals surface area contributed by atoms with Gasteiger partial charge < -0.3 is 14.7 Å². The molecule has 0 heterocycles. The molecule has 0 aliphatic heterocycles. The highest BCUT2D eigenvalue weighted by Crippen LogP contribution is 2.44. The van der Waals surface area contributed by atoms with Crippen molar-refractivity contribution in [2.75, 3.05) is 32.6 Å². The first-order valence-electron chi connectivity index (χ1n) is 9.98. The Morgan fingerprint density at radius 2 is 1.86 bits per heavy atom. The summed E-state index contributed by atoms with van der Waals surface area (Å²) in [5.41, 5.74) is 2.26. The number of phenols is 1. The summed E-state index contributed by atoms with van der Waals surface area (Å²) in [5.74, 6) is 1.16. The van der Waals surface area contributed by atoms with Crippen molar-refractivity contribution < 1.29 is 9.84 Å². The fraction of sp³-hybridized carbons (Fsp3) is 0.478. The van der Waals surface area contributed by atoms with E-state index in [1.165, 1.54) is 5.56 Å². The van der Waals surface area contributed by atoms with Gasteiger partial charge in [-0.25, -0.2) is 0 Å². The quantitative estimate of drug-likeness (QED) is 0.713. The van der Waals surface area contributed by atoms with Crippen molar-refractivity contribution in [2.45, 2.75) is 44.2 Å². The molecule has 0 radical (unpaired) electrons. The highest BCUT2D eigenvalue weighted by Gasteiger charge is 2.40. The van der Waals surface area contributed by atoms with E-state index in [4.69, 9.17) is 16.3 Å². The molecule has 152 valence electrons. The van der Waals surface area contributed by atoms with E-state index in [1.807, 2.05) is 24.3 Å². The molecule has 0 unspecified atom stereocenters. The van der Waals surface area contributed by atoms with Crippen LogP contribution in [0, 0.1) is 0 Å². The average Bonchev–Trinajstić information content (AvgIpc) is 2.70. The van der Waals surface area contributed by atoms with Gasteiger partial charge in [0.15, 0.2) is 0 Å². The molecule has 4 nitrogen and oxygen atoms in total. The molecule has 1 aliphatic rings. The predicted molar refractivity (Wildman–Crippen MR) is 117 cm³/mol. The van der Waals surface area contributed by atoms with Gasteiger partial charge in [-0.2, -0.15) is 0 Å². The summed E-state index contributed by atoms with van der Waals surface area (Å²) >= 11 is 6.16. The molecule has 1 fully saturated rings. The van der Waals surface area contributed by atoms with Gasteiger partial charge >= 0.3 is 0 Å². The number of anilines is 1. The lowest BCUT2D eigenvalue weighted by atomic mass is 9.73. The number of nitrogens with zero attached hydrogens (tertiary/aromatic N) is 2. The van der Waals surface area contributed by atoms with Crippen LogP contribution in [0.4, 0.5) is 5.69 Å². The van der Waals surface area contributed by atoms with E-state index in [0.29, 0.717) is 16.8 Å². The van der Waals surface area contributed by atoms with Crippen LogP contribution in [-0.2, 0) is 5.54 Å². The second kappa shape index (κ2) is 8.62. The number of rotatable bonds is 6. The van der Waals surface area contributed by atoms with Gasteiger partial charge in [-0.15, -0.1) is 0 Å². The second-order valence-corrected chi connectivity index (χ2v) is 8.25. The van der Waals surface area contributed by atoms with Crippen LogP contribution in [0.25, 0.3) is 0 Å². The fourth-order valence-electron chi connectivity index (χ4n) is 4.70. The number of benzene rings is 2. The Balaban J connectivity index is 1.84. The first-order valence-corrected chi connectivity index (χ1v) is 10.4. The summed E-state index contributed by atoms with van der Waals surface area (Å²) in [6.07, 6.45) is 4.24. The molecule has 0 amide bonds. The molecule has 0 saturated heterocycles. The summed E-state index contributed by atoms with van der Waals surface area (Å²) in [4.78, 5) is 4.76. The maximum absolute atomic E-state index is 10.00. The van der Waals surface area contributed by atoms with E-state index in [2.05, 4.69) is 43.0 Å². The van der Waals surface area contributed by atoms with Crippen molar-refractivity contribution in [2.24, 2.45) is 0 Å². The lowest BCUT2D eigenvalue weighted by Crippen LogP contribution is -2.49. The molecule has 28 heavy (non-hydrogen) atoms. The Labute approximate surface area is 173 Å². The van der Waals surface area contributed by atoms with E-state index in [0.717, 1.165) is 43.7 Å². The van der Waals surface area contributed by atoms with Crippen LogP contribution < -0.4 is 9.64 Å². The molecule has 1 saturated carbocycles. The van der Waals surface area contributed by atoms with Crippen LogP contribution in [-0.4, -0.2) is 43.8 Å². The molecule has 0 atom stereocenters. The lowest BCUT2D eigenvalue weighted by Gasteiger charge is -2.48. The van der Waals surface area contributed by atoms with Crippen molar-refractivity contribution in [3.8, 4) is 11.5 Å².